The minimum absolute atomic E-state index is 0.0315. The van der Waals surface area contributed by atoms with Gasteiger partial charge in [0.15, 0.2) is 5.78 Å². The fourth-order valence-electron chi connectivity index (χ4n) is 4.10. The number of carbonyl (C=O) groups is 2. The van der Waals surface area contributed by atoms with Gasteiger partial charge in [-0.2, -0.15) is 0 Å². The van der Waals surface area contributed by atoms with Crippen LogP contribution in [0.3, 0.4) is 0 Å². The van der Waals surface area contributed by atoms with Crippen molar-refractivity contribution in [2.75, 3.05) is 26.2 Å². The second-order valence-corrected chi connectivity index (χ2v) is 7.31. The number of rotatable bonds is 3. The van der Waals surface area contributed by atoms with Crippen molar-refractivity contribution in [3.05, 3.63) is 58.4 Å². The second-order valence-electron chi connectivity index (χ2n) is 7.31. The summed E-state index contributed by atoms with van der Waals surface area (Å²) in [5, 5.41) is 0. The van der Waals surface area contributed by atoms with Crippen molar-refractivity contribution in [1.29, 1.82) is 0 Å². The Labute approximate surface area is 154 Å². The number of nitrogens with one attached hydrogen (secondary N) is 1. The molecule has 0 bridgehead atoms. The number of hydrogen-bond donors (Lipinski definition) is 1. The Bertz CT molecular complexity index is 817. The molecule has 2 heterocycles. The molecule has 0 spiro atoms. The summed E-state index contributed by atoms with van der Waals surface area (Å²) in [5.41, 5.74) is 4.47. The number of ketones is 1. The first-order valence-corrected chi connectivity index (χ1v) is 9.43. The van der Waals surface area contributed by atoms with Gasteiger partial charge in [0.25, 0.3) is 5.91 Å². The third-order valence-electron chi connectivity index (χ3n) is 5.56. The van der Waals surface area contributed by atoms with Gasteiger partial charge >= 0.3 is 0 Å². The largest absolute Gasteiger partial charge is 0.354 e. The van der Waals surface area contributed by atoms with Gasteiger partial charge < -0.3 is 9.88 Å². The molecule has 1 aromatic carbocycles. The monoisotopic (exact) mass is 351 g/mol. The van der Waals surface area contributed by atoms with E-state index in [1.165, 1.54) is 5.56 Å². The number of amides is 1. The molecule has 0 unspecified atom stereocenters. The summed E-state index contributed by atoms with van der Waals surface area (Å²) in [7, 11) is 0. The van der Waals surface area contributed by atoms with Crippen molar-refractivity contribution in [3.8, 4) is 0 Å². The average molecular weight is 351 g/mol. The molecule has 1 aromatic heterocycles. The Balaban J connectivity index is 1.42. The lowest BCUT2D eigenvalue weighted by molar-refractivity contribution is 0.0622. The Morgan fingerprint density at radius 3 is 2.50 bits per heavy atom. The smallest absolute Gasteiger partial charge is 0.270 e. The van der Waals surface area contributed by atoms with E-state index in [2.05, 4.69) is 34.1 Å². The predicted molar refractivity (Wildman–Crippen MR) is 100 cm³/mol. The first-order chi connectivity index (χ1) is 12.6. The maximum absolute atomic E-state index is 13.0. The summed E-state index contributed by atoms with van der Waals surface area (Å²) >= 11 is 0. The van der Waals surface area contributed by atoms with E-state index in [4.69, 9.17) is 0 Å². The number of benzene rings is 1. The van der Waals surface area contributed by atoms with E-state index in [0.717, 1.165) is 62.4 Å². The number of fused-ring (bicyclic) bond motifs is 1. The van der Waals surface area contributed by atoms with Crippen molar-refractivity contribution in [2.24, 2.45) is 0 Å². The van der Waals surface area contributed by atoms with Gasteiger partial charge in [0.1, 0.15) is 5.69 Å². The lowest BCUT2D eigenvalue weighted by atomic mass is 9.93. The summed E-state index contributed by atoms with van der Waals surface area (Å²) in [6.07, 6.45) is 2.33. The van der Waals surface area contributed by atoms with Crippen molar-refractivity contribution >= 4 is 11.7 Å². The van der Waals surface area contributed by atoms with Crippen LogP contribution in [0.15, 0.2) is 30.3 Å². The number of nitrogens with zero attached hydrogens (tertiary/aromatic N) is 2. The summed E-state index contributed by atoms with van der Waals surface area (Å²) in [5.74, 6) is 0.204. The fraction of sp³-hybridized carbons (Fsp3) is 0.429. The first kappa shape index (κ1) is 17.0. The Kier molecular flexibility index (Phi) is 4.64. The Hall–Kier alpha value is -2.40. The molecule has 4 rings (SSSR count). The van der Waals surface area contributed by atoms with Gasteiger partial charge in [0.2, 0.25) is 0 Å². The molecule has 5 nitrogen and oxygen atoms in total. The zero-order valence-electron chi connectivity index (χ0n) is 15.3. The van der Waals surface area contributed by atoms with Crippen LogP contribution in [-0.4, -0.2) is 52.7 Å². The van der Waals surface area contributed by atoms with Crippen LogP contribution in [0.25, 0.3) is 0 Å². The molecule has 0 radical (unpaired) electrons. The van der Waals surface area contributed by atoms with Crippen LogP contribution in [0.2, 0.25) is 0 Å². The van der Waals surface area contributed by atoms with Gasteiger partial charge in [-0.1, -0.05) is 30.3 Å². The minimum Gasteiger partial charge on any atom is -0.354 e. The van der Waals surface area contributed by atoms with E-state index >= 15 is 0 Å². The molecule has 26 heavy (non-hydrogen) atoms. The van der Waals surface area contributed by atoms with Gasteiger partial charge in [-0.3, -0.25) is 14.5 Å². The minimum atomic E-state index is 0.0315. The lowest BCUT2D eigenvalue weighted by Gasteiger charge is -2.34. The van der Waals surface area contributed by atoms with Gasteiger partial charge in [-0.15, -0.1) is 0 Å². The normalized spacial score (nSPS) is 18.0. The van der Waals surface area contributed by atoms with Crippen LogP contribution in [0.1, 0.15) is 50.5 Å². The van der Waals surface area contributed by atoms with Crippen molar-refractivity contribution < 1.29 is 9.59 Å². The molecule has 1 saturated heterocycles. The van der Waals surface area contributed by atoms with Crippen molar-refractivity contribution in [3.63, 3.8) is 0 Å². The molecular formula is C21H25N3O2. The van der Waals surface area contributed by atoms with Gasteiger partial charge in [-0.05, 0) is 30.9 Å². The van der Waals surface area contributed by atoms with E-state index in [9.17, 15) is 9.59 Å². The molecule has 2 aromatic rings. The maximum Gasteiger partial charge on any atom is 0.270 e. The second kappa shape index (κ2) is 7.08. The molecule has 1 aliphatic heterocycles. The van der Waals surface area contributed by atoms with Crippen LogP contribution < -0.4 is 0 Å². The molecule has 136 valence electrons. The van der Waals surface area contributed by atoms with E-state index in [-0.39, 0.29) is 11.7 Å². The van der Waals surface area contributed by atoms with Gasteiger partial charge in [0.05, 0.1) is 0 Å². The number of aromatic amines is 1. The van der Waals surface area contributed by atoms with E-state index in [0.29, 0.717) is 12.1 Å². The van der Waals surface area contributed by atoms with Crippen molar-refractivity contribution in [1.82, 2.24) is 14.8 Å². The number of piperazine rings is 1. The Morgan fingerprint density at radius 2 is 1.81 bits per heavy atom. The number of Topliss-reactive ketones (excluding diaryl/α,β-unsaturated/α-hetero) is 1. The predicted octanol–water partition coefficient (Wildman–Crippen LogP) is 2.80. The highest BCUT2D eigenvalue weighted by Gasteiger charge is 2.29. The van der Waals surface area contributed by atoms with E-state index < -0.39 is 0 Å². The quantitative estimate of drug-likeness (QED) is 0.925. The van der Waals surface area contributed by atoms with Gasteiger partial charge in [-0.25, -0.2) is 0 Å². The molecule has 0 saturated carbocycles. The summed E-state index contributed by atoms with van der Waals surface area (Å²) in [6, 6.07) is 10.4. The lowest BCUT2D eigenvalue weighted by Crippen LogP contribution is -2.48. The number of aromatic nitrogens is 1. The number of hydrogen-bond acceptors (Lipinski definition) is 3. The van der Waals surface area contributed by atoms with Crippen LogP contribution >= 0.6 is 0 Å². The van der Waals surface area contributed by atoms with Crippen molar-refractivity contribution in [2.45, 2.75) is 32.7 Å². The third-order valence-corrected chi connectivity index (χ3v) is 5.56. The third kappa shape index (κ3) is 3.19. The van der Waals surface area contributed by atoms with E-state index in [1.54, 1.807) is 0 Å². The summed E-state index contributed by atoms with van der Waals surface area (Å²) in [4.78, 5) is 32.7. The highest BCUT2D eigenvalue weighted by molar-refractivity contribution is 6.04. The highest BCUT2D eigenvalue weighted by Crippen LogP contribution is 2.27. The Morgan fingerprint density at radius 1 is 1.08 bits per heavy atom. The fourth-order valence-corrected chi connectivity index (χ4v) is 4.10. The number of aryl methyl sites for hydroxylation is 1. The maximum atomic E-state index is 13.0. The molecule has 1 amide bonds. The zero-order valence-corrected chi connectivity index (χ0v) is 15.3. The summed E-state index contributed by atoms with van der Waals surface area (Å²) in [6.45, 7) is 6.02. The highest BCUT2D eigenvalue weighted by atomic mass is 16.2. The van der Waals surface area contributed by atoms with Crippen LogP contribution in [0.4, 0.5) is 0 Å². The van der Waals surface area contributed by atoms with Gasteiger partial charge in [0, 0.05) is 50.4 Å². The molecule has 5 heteroatoms. The SMILES string of the molecule is Cc1c(C(=O)N2CCN(Cc3ccccc3)CC2)[nH]c2c1C(=O)CCC2. The van der Waals surface area contributed by atoms with Crippen LogP contribution in [0.5, 0.6) is 0 Å². The van der Waals surface area contributed by atoms with Crippen LogP contribution in [0, 0.1) is 6.92 Å². The number of carbonyl (C=O) groups excluding carboxylic acids is 2. The molecule has 2 aliphatic rings. The molecule has 1 aliphatic carbocycles. The number of H-pyrrole nitrogens is 1. The molecule has 1 fully saturated rings. The standard InChI is InChI=1S/C21H25N3O2/c1-15-19-17(8-5-9-18(19)25)22-20(15)21(26)24-12-10-23(11-13-24)14-16-6-3-2-4-7-16/h2-4,6-7,22H,5,8-14H2,1H3. The zero-order chi connectivity index (χ0) is 18.1. The average Bonchev–Trinajstić information content (AvgIpc) is 3.01. The molecule has 0 atom stereocenters. The topological polar surface area (TPSA) is 56.4 Å². The van der Waals surface area contributed by atoms with Crippen LogP contribution in [-0.2, 0) is 13.0 Å². The summed E-state index contributed by atoms with van der Waals surface area (Å²) < 4.78 is 0. The molecule has 1 N–H and O–H groups in total. The molecular weight excluding hydrogens is 326 g/mol. The first-order valence-electron chi connectivity index (χ1n) is 9.43. The van der Waals surface area contributed by atoms with E-state index in [1.807, 2.05) is 17.9 Å².